The number of nitriles is 1. The summed E-state index contributed by atoms with van der Waals surface area (Å²) in [5, 5.41) is 11.9. The van der Waals surface area contributed by atoms with Gasteiger partial charge >= 0.3 is 0 Å². The summed E-state index contributed by atoms with van der Waals surface area (Å²) in [5.41, 5.74) is 1.40. The fourth-order valence-corrected chi connectivity index (χ4v) is 2.29. The van der Waals surface area contributed by atoms with Gasteiger partial charge in [-0.1, -0.05) is 19.9 Å². The Bertz CT molecular complexity index is 589. The van der Waals surface area contributed by atoms with Crippen molar-refractivity contribution in [1.29, 1.82) is 5.26 Å². The van der Waals surface area contributed by atoms with Crippen LogP contribution in [-0.4, -0.2) is 21.2 Å². The monoisotopic (exact) mass is 295 g/mol. The fraction of sp³-hybridized carbons (Fsp3) is 0.500. The maximum absolute atomic E-state index is 11.2. The van der Waals surface area contributed by atoms with E-state index in [0.717, 1.165) is 24.9 Å². The third kappa shape index (κ3) is 6.43. The molecule has 0 aliphatic rings. The van der Waals surface area contributed by atoms with Gasteiger partial charge in [0.1, 0.15) is 0 Å². The Morgan fingerprint density at radius 3 is 2.55 bits per heavy atom. The first kappa shape index (κ1) is 16.3. The average molecular weight is 295 g/mol. The predicted molar refractivity (Wildman–Crippen MR) is 82.0 cm³/mol. The van der Waals surface area contributed by atoms with Crippen molar-refractivity contribution in [3.05, 3.63) is 24.3 Å². The number of anilines is 2. The highest BCUT2D eigenvalue weighted by atomic mass is 32.2. The lowest BCUT2D eigenvalue weighted by Crippen LogP contribution is -2.23. The largest absolute Gasteiger partial charge is 0.384 e. The molecule has 20 heavy (non-hydrogen) atoms. The minimum Gasteiger partial charge on any atom is -0.384 e. The summed E-state index contributed by atoms with van der Waals surface area (Å²) in [5.74, 6) is 0. The molecule has 0 atom stereocenters. The first-order valence-corrected chi connectivity index (χ1v) is 8.30. The van der Waals surface area contributed by atoms with E-state index in [-0.39, 0.29) is 5.41 Å². The van der Waals surface area contributed by atoms with Crippen LogP contribution in [-0.2, 0) is 10.0 Å². The molecule has 0 aliphatic carbocycles. The van der Waals surface area contributed by atoms with Gasteiger partial charge in [-0.15, -0.1) is 0 Å². The highest BCUT2D eigenvalue weighted by Gasteiger charge is 2.17. The van der Waals surface area contributed by atoms with E-state index in [2.05, 4.69) is 30.0 Å². The number of hydrogen-bond acceptors (Lipinski definition) is 4. The molecule has 0 bridgehead atoms. The molecule has 110 valence electrons. The first-order chi connectivity index (χ1) is 9.22. The predicted octanol–water partition coefficient (Wildman–Crippen LogP) is 2.80. The van der Waals surface area contributed by atoms with Crippen LogP contribution >= 0.6 is 0 Å². The molecule has 1 rings (SSSR count). The molecule has 0 fully saturated rings. The van der Waals surface area contributed by atoms with Gasteiger partial charge in [0.15, 0.2) is 0 Å². The standard InChI is InChI=1S/C14H21N3O2S/c1-14(2,8-5-9-15)11-16-12-6-4-7-13(10-12)17-20(3,18)19/h4,6-7,10,16-17H,5,8,11H2,1-3H3. The molecule has 5 nitrogen and oxygen atoms in total. The van der Waals surface area contributed by atoms with Crippen LogP contribution in [0.15, 0.2) is 24.3 Å². The van der Waals surface area contributed by atoms with E-state index in [9.17, 15) is 8.42 Å². The lowest BCUT2D eigenvalue weighted by Gasteiger charge is -2.24. The Labute approximate surface area is 121 Å². The van der Waals surface area contributed by atoms with Gasteiger partial charge in [-0.25, -0.2) is 8.42 Å². The van der Waals surface area contributed by atoms with Gasteiger partial charge < -0.3 is 5.32 Å². The van der Waals surface area contributed by atoms with E-state index in [1.165, 1.54) is 0 Å². The van der Waals surface area contributed by atoms with Gasteiger partial charge in [-0.2, -0.15) is 5.26 Å². The molecule has 0 saturated carbocycles. The summed E-state index contributed by atoms with van der Waals surface area (Å²) < 4.78 is 24.8. The highest BCUT2D eigenvalue weighted by molar-refractivity contribution is 7.92. The molecule has 0 radical (unpaired) electrons. The molecule has 1 aromatic rings. The number of benzene rings is 1. The summed E-state index contributed by atoms with van der Waals surface area (Å²) >= 11 is 0. The molecule has 0 aromatic heterocycles. The van der Waals surface area contributed by atoms with Crippen molar-refractivity contribution in [2.24, 2.45) is 5.41 Å². The lowest BCUT2D eigenvalue weighted by atomic mass is 9.88. The van der Waals surface area contributed by atoms with E-state index in [0.29, 0.717) is 12.1 Å². The van der Waals surface area contributed by atoms with Crippen molar-refractivity contribution < 1.29 is 8.42 Å². The smallest absolute Gasteiger partial charge is 0.229 e. The van der Waals surface area contributed by atoms with Crippen molar-refractivity contribution in [3.8, 4) is 6.07 Å². The second-order valence-electron chi connectivity index (χ2n) is 5.63. The topological polar surface area (TPSA) is 82.0 Å². The molecule has 0 heterocycles. The molecular weight excluding hydrogens is 274 g/mol. The number of sulfonamides is 1. The molecule has 0 spiro atoms. The zero-order chi connectivity index (χ0) is 15.2. The molecule has 0 unspecified atom stereocenters. The van der Waals surface area contributed by atoms with Gasteiger partial charge in [-0.05, 0) is 30.0 Å². The second-order valence-corrected chi connectivity index (χ2v) is 7.38. The van der Waals surface area contributed by atoms with Crippen molar-refractivity contribution in [1.82, 2.24) is 0 Å². The Balaban J connectivity index is 2.65. The Kier molecular flexibility index (Phi) is 5.40. The molecule has 0 aliphatic heterocycles. The van der Waals surface area contributed by atoms with E-state index in [1.807, 2.05) is 6.07 Å². The molecule has 2 N–H and O–H groups in total. The molecule has 1 aromatic carbocycles. The van der Waals surface area contributed by atoms with Gasteiger partial charge in [0.2, 0.25) is 10.0 Å². The zero-order valence-corrected chi connectivity index (χ0v) is 12.9. The average Bonchev–Trinajstić information content (AvgIpc) is 2.33. The molecule has 6 heteroatoms. The Morgan fingerprint density at radius 2 is 1.95 bits per heavy atom. The minimum absolute atomic E-state index is 0.00992. The summed E-state index contributed by atoms with van der Waals surface area (Å²) in [4.78, 5) is 0. The van der Waals surface area contributed by atoms with Crippen LogP contribution in [0.1, 0.15) is 26.7 Å². The van der Waals surface area contributed by atoms with E-state index >= 15 is 0 Å². The quantitative estimate of drug-likeness (QED) is 0.810. The van der Waals surface area contributed by atoms with Crippen LogP contribution in [0, 0.1) is 16.7 Å². The van der Waals surface area contributed by atoms with Crippen LogP contribution < -0.4 is 10.0 Å². The van der Waals surface area contributed by atoms with Crippen molar-refractivity contribution in [2.45, 2.75) is 26.7 Å². The van der Waals surface area contributed by atoms with Crippen molar-refractivity contribution in [2.75, 3.05) is 22.8 Å². The third-order valence-electron chi connectivity index (χ3n) is 2.85. The fourth-order valence-electron chi connectivity index (χ4n) is 1.73. The maximum Gasteiger partial charge on any atom is 0.229 e. The van der Waals surface area contributed by atoms with Gasteiger partial charge in [0.05, 0.1) is 18.0 Å². The van der Waals surface area contributed by atoms with Crippen LogP contribution in [0.5, 0.6) is 0 Å². The second kappa shape index (κ2) is 6.62. The molecule has 0 saturated heterocycles. The van der Waals surface area contributed by atoms with Crippen LogP contribution in [0.4, 0.5) is 11.4 Å². The first-order valence-electron chi connectivity index (χ1n) is 6.40. The third-order valence-corrected chi connectivity index (χ3v) is 3.46. The van der Waals surface area contributed by atoms with Crippen LogP contribution in [0.25, 0.3) is 0 Å². The normalized spacial score (nSPS) is 11.7. The lowest BCUT2D eigenvalue weighted by molar-refractivity contribution is 0.364. The van der Waals surface area contributed by atoms with E-state index in [4.69, 9.17) is 5.26 Å². The SMILES string of the molecule is CC(C)(CCC#N)CNc1cccc(NS(C)(=O)=O)c1. The van der Waals surface area contributed by atoms with Crippen LogP contribution in [0.3, 0.4) is 0 Å². The Hall–Kier alpha value is -1.74. The maximum atomic E-state index is 11.2. The van der Waals surface area contributed by atoms with Crippen LogP contribution in [0.2, 0.25) is 0 Å². The van der Waals surface area contributed by atoms with Gasteiger partial charge in [-0.3, -0.25) is 4.72 Å². The zero-order valence-electron chi connectivity index (χ0n) is 12.1. The Morgan fingerprint density at radius 1 is 1.30 bits per heavy atom. The summed E-state index contributed by atoms with van der Waals surface area (Å²) in [6.07, 6.45) is 2.47. The summed E-state index contributed by atoms with van der Waals surface area (Å²) in [6.45, 7) is 4.91. The van der Waals surface area contributed by atoms with Crippen molar-refractivity contribution >= 4 is 21.4 Å². The van der Waals surface area contributed by atoms with Crippen molar-refractivity contribution in [3.63, 3.8) is 0 Å². The molecular formula is C14H21N3O2S. The molecule has 0 amide bonds. The highest BCUT2D eigenvalue weighted by Crippen LogP contribution is 2.24. The minimum atomic E-state index is -3.26. The van der Waals surface area contributed by atoms with Gasteiger partial charge in [0, 0.05) is 18.7 Å². The number of nitrogens with zero attached hydrogens (tertiary/aromatic N) is 1. The number of hydrogen-bond donors (Lipinski definition) is 2. The van der Waals surface area contributed by atoms with Gasteiger partial charge in [0.25, 0.3) is 0 Å². The summed E-state index contributed by atoms with van der Waals surface area (Å²) in [7, 11) is -3.26. The number of nitrogens with one attached hydrogen (secondary N) is 2. The number of rotatable bonds is 7. The summed E-state index contributed by atoms with van der Waals surface area (Å²) in [6, 6.07) is 9.28. The van der Waals surface area contributed by atoms with E-state index in [1.54, 1.807) is 18.2 Å². The van der Waals surface area contributed by atoms with E-state index < -0.39 is 10.0 Å².